The van der Waals surface area contributed by atoms with E-state index < -0.39 is 0 Å². The standard InChI is InChI=1S/C13H13ClN4O3/c1-6-16-17-13-12(14)15-9-7(18(6)13)5-8(19-2)10(20-3)11(9)21-4/h5H,1-4H3. The Morgan fingerprint density at radius 3 is 2.38 bits per heavy atom. The van der Waals surface area contributed by atoms with Gasteiger partial charge in [0.2, 0.25) is 5.75 Å². The van der Waals surface area contributed by atoms with E-state index in [1.54, 1.807) is 17.6 Å². The Balaban J connectivity index is 2.58. The second kappa shape index (κ2) is 4.92. The molecule has 2 heterocycles. The minimum absolute atomic E-state index is 0.244. The molecule has 0 atom stereocenters. The van der Waals surface area contributed by atoms with E-state index in [1.165, 1.54) is 14.2 Å². The maximum atomic E-state index is 6.19. The van der Waals surface area contributed by atoms with Gasteiger partial charge in [-0.1, -0.05) is 11.6 Å². The number of aryl methyl sites for hydroxylation is 1. The van der Waals surface area contributed by atoms with Gasteiger partial charge in [0.25, 0.3) is 0 Å². The molecule has 0 aliphatic heterocycles. The maximum absolute atomic E-state index is 6.19. The highest BCUT2D eigenvalue weighted by Gasteiger charge is 2.21. The number of hydrogen-bond donors (Lipinski definition) is 0. The lowest BCUT2D eigenvalue weighted by Crippen LogP contribution is -2.01. The molecule has 8 heteroatoms. The van der Waals surface area contributed by atoms with Crippen LogP contribution in [-0.4, -0.2) is 40.9 Å². The third kappa shape index (κ3) is 1.84. The van der Waals surface area contributed by atoms with E-state index in [1.807, 2.05) is 6.92 Å². The average molecular weight is 309 g/mol. The van der Waals surface area contributed by atoms with Crippen LogP contribution in [0, 0.1) is 6.92 Å². The third-order valence-corrected chi connectivity index (χ3v) is 3.50. The fourth-order valence-electron chi connectivity index (χ4n) is 2.34. The first-order chi connectivity index (χ1) is 10.1. The van der Waals surface area contributed by atoms with E-state index in [-0.39, 0.29) is 5.15 Å². The second-order valence-corrected chi connectivity index (χ2v) is 4.68. The Bertz CT molecular complexity index is 847. The quantitative estimate of drug-likeness (QED) is 0.739. The summed E-state index contributed by atoms with van der Waals surface area (Å²) in [7, 11) is 4.63. The summed E-state index contributed by atoms with van der Waals surface area (Å²) in [4.78, 5) is 4.35. The molecule has 0 aliphatic carbocycles. The van der Waals surface area contributed by atoms with Crippen LogP contribution in [0.4, 0.5) is 0 Å². The van der Waals surface area contributed by atoms with Crippen molar-refractivity contribution in [2.24, 2.45) is 0 Å². The van der Waals surface area contributed by atoms with Crippen molar-refractivity contribution in [1.29, 1.82) is 0 Å². The zero-order valence-electron chi connectivity index (χ0n) is 12.0. The van der Waals surface area contributed by atoms with Gasteiger partial charge in [-0.15, -0.1) is 10.2 Å². The first-order valence-corrected chi connectivity index (χ1v) is 6.50. The molecule has 3 rings (SSSR count). The molecule has 0 spiro atoms. The van der Waals surface area contributed by atoms with Crippen LogP contribution in [0.25, 0.3) is 16.7 Å². The number of benzene rings is 1. The van der Waals surface area contributed by atoms with Gasteiger partial charge in [-0.05, 0) is 6.92 Å². The molecule has 2 aromatic heterocycles. The molecule has 0 fully saturated rings. The van der Waals surface area contributed by atoms with E-state index in [0.717, 1.165) is 5.52 Å². The van der Waals surface area contributed by atoms with Gasteiger partial charge in [0.05, 0.1) is 26.8 Å². The number of halogens is 1. The van der Waals surface area contributed by atoms with E-state index >= 15 is 0 Å². The van der Waals surface area contributed by atoms with Crippen LogP contribution in [0.2, 0.25) is 5.15 Å². The molecule has 7 nitrogen and oxygen atoms in total. The van der Waals surface area contributed by atoms with Crippen molar-refractivity contribution < 1.29 is 14.2 Å². The fourth-order valence-corrected chi connectivity index (χ4v) is 2.55. The lowest BCUT2D eigenvalue weighted by atomic mass is 10.2. The van der Waals surface area contributed by atoms with Gasteiger partial charge >= 0.3 is 0 Å². The van der Waals surface area contributed by atoms with E-state index in [9.17, 15) is 0 Å². The molecule has 0 N–H and O–H groups in total. The summed E-state index contributed by atoms with van der Waals surface area (Å²) in [5, 5.41) is 8.31. The molecule has 0 saturated carbocycles. The van der Waals surface area contributed by atoms with Crippen LogP contribution in [-0.2, 0) is 0 Å². The minimum atomic E-state index is 0.244. The molecule has 1 aromatic carbocycles. The average Bonchev–Trinajstić information content (AvgIpc) is 2.88. The molecule has 0 radical (unpaired) electrons. The summed E-state index contributed by atoms with van der Waals surface area (Å²) >= 11 is 6.19. The summed E-state index contributed by atoms with van der Waals surface area (Å²) in [5.74, 6) is 2.12. The van der Waals surface area contributed by atoms with Gasteiger partial charge in [0.15, 0.2) is 22.3 Å². The van der Waals surface area contributed by atoms with Crippen molar-refractivity contribution in [3.8, 4) is 17.2 Å². The van der Waals surface area contributed by atoms with Crippen LogP contribution < -0.4 is 14.2 Å². The van der Waals surface area contributed by atoms with E-state index in [2.05, 4.69) is 15.2 Å². The third-order valence-electron chi connectivity index (χ3n) is 3.24. The minimum Gasteiger partial charge on any atom is -0.493 e. The molecule has 21 heavy (non-hydrogen) atoms. The first-order valence-electron chi connectivity index (χ1n) is 6.12. The van der Waals surface area contributed by atoms with Gasteiger partial charge in [-0.3, -0.25) is 4.40 Å². The molecule has 110 valence electrons. The predicted octanol–water partition coefficient (Wildman–Crippen LogP) is 2.27. The summed E-state index contributed by atoms with van der Waals surface area (Å²) in [6.07, 6.45) is 0. The van der Waals surface area contributed by atoms with E-state index in [4.69, 9.17) is 25.8 Å². The summed E-state index contributed by atoms with van der Waals surface area (Å²) in [6.45, 7) is 1.83. The van der Waals surface area contributed by atoms with E-state index in [0.29, 0.717) is 34.2 Å². The Hall–Kier alpha value is -2.28. The molecule has 0 unspecified atom stereocenters. The van der Waals surface area contributed by atoms with Gasteiger partial charge < -0.3 is 14.2 Å². The number of methoxy groups -OCH3 is 3. The zero-order valence-corrected chi connectivity index (χ0v) is 12.7. The Morgan fingerprint density at radius 2 is 1.76 bits per heavy atom. The highest BCUT2D eigenvalue weighted by Crippen LogP contribution is 2.43. The molecule has 3 aromatic rings. The summed E-state index contributed by atoms with van der Waals surface area (Å²) < 4.78 is 18.0. The normalized spacial score (nSPS) is 11.1. The number of nitrogens with zero attached hydrogens (tertiary/aromatic N) is 4. The van der Waals surface area contributed by atoms with Crippen LogP contribution in [0.15, 0.2) is 6.07 Å². The lowest BCUT2D eigenvalue weighted by Gasteiger charge is -2.15. The molecule has 0 amide bonds. The Morgan fingerprint density at radius 1 is 1.05 bits per heavy atom. The van der Waals surface area contributed by atoms with Crippen LogP contribution >= 0.6 is 11.6 Å². The monoisotopic (exact) mass is 308 g/mol. The molecule has 0 saturated heterocycles. The van der Waals surface area contributed by atoms with Crippen molar-refractivity contribution in [1.82, 2.24) is 19.6 Å². The van der Waals surface area contributed by atoms with Gasteiger partial charge in [0, 0.05) is 6.07 Å². The first kappa shape index (κ1) is 13.7. The Labute approximate surface area is 125 Å². The number of aromatic nitrogens is 4. The second-order valence-electron chi connectivity index (χ2n) is 4.32. The molecule has 0 bridgehead atoms. The van der Waals surface area contributed by atoms with Gasteiger partial charge in [-0.2, -0.15) is 0 Å². The predicted molar refractivity (Wildman–Crippen MR) is 77.7 cm³/mol. The van der Waals surface area contributed by atoms with Crippen molar-refractivity contribution in [3.05, 3.63) is 17.0 Å². The zero-order chi connectivity index (χ0) is 15.1. The fraction of sp³-hybridized carbons (Fsp3) is 0.308. The molecule has 0 aliphatic rings. The maximum Gasteiger partial charge on any atom is 0.205 e. The Kier molecular flexibility index (Phi) is 3.21. The van der Waals surface area contributed by atoms with Gasteiger partial charge in [0.1, 0.15) is 11.3 Å². The molecular formula is C13H13ClN4O3. The van der Waals surface area contributed by atoms with Crippen molar-refractivity contribution in [2.45, 2.75) is 6.92 Å². The SMILES string of the molecule is COc1cc2c(nc(Cl)c3nnc(C)n32)c(OC)c1OC. The number of fused-ring (bicyclic) bond motifs is 3. The molecular weight excluding hydrogens is 296 g/mol. The number of hydrogen-bond acceptors (Lipinski definition) is 6. The summed E-state index contributed by atoms with van der Waals surface area (Å²) in [5.41, 5.74) is 1.76. The van der Waals surface area contributed by atoms with Crippen molar-refractivity contribution in [3.63, 3.8) is 0 Å². The topological polar surface area (TPSA) is 70.8 Å². The smallest absolute Gasteiger partial charge is 0.205 e. The van der Waals surface area contributed by atoms with Crippen LogP contribution in [0.1, 0.15) is 5.82 Å². The van der Waals surface area contributed by atoms with Crippen molar-refractivity contribution in [2.75, 3.05) is 21.3 Å². The highest BCUT2D eigenvalue weighted by atomic mass is 35.5. The largest absolute Gasteiger partial charge is 0.493 e. The number of rotatable bonds is 3. The van der Waals surface area contributed by atoms with Crippen molar-refractivity contribution >= 4 is 28.3 Å². The summed E-state index contributed by atoms with van der Waals surface area (Å²) in [6, 6.07) is 1.80. The van der Waals surface area contributed by atoms with Gasteiger partial charge in [-0.25, -0.2) is 4.98 Å². The number of ether oxygens (including phenoxy) is 3. The van der Waals surface area contributed by atoms with Crippen LogP contribution in [0.3, 0.4) is 0 Å². The lowest BCUT2D eigenvalue weighted by molar-refractivity contribution is 0.326. The highest BCUT2D eigenvalue weighted by molar-refractivity contribution is 6.32. The van der Waals surface area contributed by atoms with Crippen LogP contribution in [0.5, 0.6) is 17.2 Å².